The summed E-state index contributed by atoms with van der Waals surface area (Å²) in [6, 6.07) is 0.397. The van der Waals surface area contributed by atoms with Crippen molar-refractivity contribution in [2.75, 3.05) is 32.8 Å². The van der Waals surface area contributed by atoms with Crippen molar-refractivity contribution in [3.63, 3.8) is 0 Å². The lowest BCUT2D eigenvalue weighted by Crippen LogP contribution is -2.52. The van der Waals surface area contributed by atoms with Gasteiger partial charge in [-0.1, -0.05) is 19.3 Å². The predicted molar refractivity (Wildman–Crippen MR) is 75.3 cm³/mol. The summed E-state index contributed by atoms with van der Waals surface area (Å²) in [5.41, 5.74) is 0. The quantitative estimate of drug-likeness (QED) is 0.847. The second kappa shape index (κ2) is 6.41. The fourth-order valence-electron chi connectivity index (χ4n) is 3.66. The Morgan fingerprint density at radius 3 is 2.65 bits per heavy atom. The zero-order valence-corrected chi connectivity index (χ0v) is 12.2. The van der Waals surface area contributed by atoms with Crippen LogP contribution in [-0.2, 0) is 14.3 Å². The lowest BCUT2D eigenvalue weighted by Gasteiger charge is -2.38. The molecule has 0 aromatic heterocycles. The van der Waals surface area contributed by atoms with Gasteiger partial charge in [0, 0.05) is 12.5 Å². The van der Waals surface area contributed by atoms with Crippen LogP contribution in [0.3, 0.4) is 0 Å². The second-order valence-corrected chi connectivity index (χ2v) is 6.32. The molecule has 2 heterocycles. The van der Waals surface area contributed by atoms with Gasteiger partial charge in [0.05, 0.1) is 26.3 Å². The average molecular weight is 282 g/mol. The third-order valence-electron chi connectivity index (χ3n) is 4.65. The van der Waals surface area contributed by atoms with E-state index in [1.165, 1.54) is 19.3 Å². The van der Waals surface area contributed by atoms with Crippen molar-refractivity contribution >= 4 is 5.91 Å². The summed E-state index contributed by atoms with van der Waals surface area (Å²) in [6.07, 6.45) is 8.09. The van der Waals surface area contributed by atoms with Crippen molar-refractivity contribution in [1.82, 2.24) is 10.2 Å². The van der Waals surface area contributed by atoms with Gasteiger partial charge < -0.3 is 14.8 Å². The van der Waals surface area contributed by atoms with Crippen molar-refractivity contribution in [3.05, 3.63) is 0 Å². The van der Waals surface area contributed by atoms with E-state index in [1.807, 2.05) is 0 Å². The summed E-state index contributed by atoms with van der Waals surface area (Å²) < 4.78 is 11.5. The minimum absolute atomic E-state index is 0.159. The molecule has 0 bridgehead atoms. The summed E-state index contributed by atoms with van der Waals surface area (Å²) in [4.78, 5) is 14.3. The zero-order valence-electron chi connectivity index (χ0n) is 12.2. The molecular weight excluding hydrogens is 256 g/mol. The largest absolute Gasteiger partial charge is 0.352 e. The van der Waals surface area contributed by atoms with Gasteiger partial charge in [0.15, 0.2) is 5.79 Å². The van der Waals surface area contributed by atoms with E-state index >= 15 is 0 Å². The number of nitrogens with one attached hydrogen (secondary N) is 1. The molecule has 1 amide bonds. The molecule has 0 unspecified atom stereocenters. The first-order chi connectivity index (χ1) is 9.76. The van der Waals surface area contributed by atoms with Crippen LogP contribution in [0.4, 0.5) is 0 Å². The van der Waals surface area contributed by atoms with E-state index in [1.54, 1.807) is 0 Å². The highest BCUT2D eigenvalue weighted by Gasteiger charge is 2.41. The molecule has 0 radical (unpaired) electrons. The minimum Gasteiger partial charge on any atom is -0.352 e. The monoisotopic (exact) mass is 282 g/mol. The molecule has 3 fully saturated rings. The Hall–Kier alpha value is -0.650. The van der Waals surface area contributed by atoms with Crippen molar-refractivity contribution in [2.45, 2.75) is 56.8 Å². The van der Waals surface area contributed by atoms with Crippen molar-refractivity contribution in [2.24, 2.45) is 0 Å². The third-order valence-corrected chi connectivity index (χ3v) is 4.65. The maximum absolute atomic E-state index is 12.1. The van der Waals surface area contributed by atoms with Gasteiger partial charge in [-0.15, -0.1) is 0 Å². The normalized spacial score (nSPS) is 27.8. The predicted octanol–water partition coefficient (Wildman–Crippen LogP) is 1.27. The number of carbonyl (C=O) groups excluding carboxylic acids is 1. The van der Waals surface area contributed by atoms with Gasteiger partial charge in [-0.25, -0.2) is 0 Å². The van der Waals surface area contributed by atoms with Gasteiger partial charge in [-0.05, 0) is 25.8 Å². The molecule has 114 valence electrons. The van der Waals surface area contributed by atoms with Gasteiger partial charge in [0.2, 0.25) is 5.91 Å². The first kappa shape index (κ1) is 14.3. The molecule has 20 heavy (non-hydrogen) atoms. The molecular formula is C15H26N2O3. The highest BCUT2D eigenvalue weighted by molar-refractivity contribution is 5.78. The molecule has 5 nitrogen and oxygen atoms in total. The van der Waals surface area contributed by atoms with Crippen LogP contribution >= 0.6 is 0 Å². The minimum atomic E-state index is -0.427. The van der Waals surface area contributed by atoms with Crippen LogP contribution in [0.25, 0.3) is 0 Å². The Balaban J connectivity index is 1.45. The van der Waals surface area contributed by atoms with E-state index in [4.69, 9.17) is 9.47 Å². The Bertz CT molecular complexity index is 336. The van der Waals surface area contributed by atoms with Crippen LogP contribution in [0, 0.1) is 0 Å². The van der Waals surface area contributed by atoms with Crippen molar-refractivity contribution in [3.8, 4) is 0 Å². The number of hydrogen-bond donors (Lipinski definition) is 1. The lowest BCUT2D eigenvalue weighted by atomic mass is 9.95. The van der Waals surface area contributed by atoms with E-state index in [9.17, 15) is 4.79 Å². The Morgan fingerprint density at radius 2 is 1.90 bits per heavy atom. The van der Waals surface area contributed by atoms with Gasteiger partial charge in [-0.2, -0.15) is 0 Å². The molecule has 0 aromatic carbocycles. The molecule has 1 saturated carbocycles. The van der Waals surface area contributed by atoms with Crippen LogP contribution in [0.1, 0.15) is 44.9 Å². The van der Waals surface area contributed by atoms with E-state index in [2.05, 4.69) is 10.2 Å². The van der Waals surface area contributed by atoms with Gasteiger partial charge in [-0.3, -0.25) is 9.69 Å². The number of hydrogen-bond acceptors (Lipinski definition) is 4. The molecule has 1 aliphatic carbocycles. The molecule has 3 aliphatic rings. The first-order valence-corrected chi connectivity index (χ1v) is 8.05. The third kappa shape index (κ3) is 3.51. The Kier molecular flexibility index (Phi) is 4.58. The highest BCUT2D eigenvalue weighted by Crippen LogP contribution is 2.29. The molecule has 1 N–H and O–H groups in total. The highest BCUT2D eigenvalue weighted by atomic mass is 16.7. The van der Waals surface area contributed by atoms with Crippen molar-refractivity contribution in [1.29, 1.82) is 0 Å². The van der Waals surface area contributed by atoms with Crippen LogP contribution in [0.5, 0.6) is 0 Å². The van der Waals surface area contributed by atoms with Gasteiger partial charge >= 0.3 is 0 Å². The van der Waals surface area contributed by atoms with Crippen LogP contribution in [0.15, 0.2) is 0 Å². The maximum Gasteiger partial charge on any atom is 0.234 e. The number of piperidine rings is 1. The summed E-state index contributed by atoms with van der Waals surface area (Å²) >= 11 is 0. The standard InChI is InChI=1S/C15H26N2O3/c18-14(16-13-5-2-1-3-6-13)11-17-8-4-7-15(12-17)19-9-10-20-15/h13H,1-12H2,(H,16,18). The maximum atomic E-state index is 12.1. The number of ether oxygens (including phenoxy) is 2. The van der Waals surface area contributed by atoms with Crippen LogP contribution in [0.2, 0.25) is 0 Å². The number of nitrogens with zero attached hydrogens (tertiary/aromatic N) is 1. The average Bonchev–Trinajstić information content (AvgIpc) is 2.87. The topological polar surface area (TPSA) is 50.8 Å². The second-order valence-electron chi connectivity index (χ2n) is 6.32. The lowest BCUT2D eigenvalue weighted by molar-refractivity contribution is -0.189. The van der Waals surface area contributed by atoms with E-state index in [0.29, 0.717) is 25.8 Å². The fourth-order valence-corrected chi connectivity index (χ4v) is 3.66. The summed E-state index contributed by atoms with van der Waals surface area (Å²) in [5, 5.41) is 3.18. The summed E-state index contributed by atoms with van der Waals surface area (Å²) in [6.45, 7) is 3.53. The first-order valence-electron chi connectivity index (χ1n) is 8.05. The summed E-state index contributed by atoms with van der Waals surface area (Å²) in [5.74, 6) is -0.268. The molecule has 2 aliphatic heterocycles. The number of amides is 1. The Labute approximate surface area is 121 Å². The summed E-state index contributed by atoms with van der Waals surface area (Å²) in [7, 11) is 0. The smallest absolute Gasteiger partial charge is 0.234 e. The molecule has 0 aromatic rings. The van der Waals surface area contributed by atoms with Crippen molar-refractivity contribution < 1.29 is 14.3 Å². The van der Waals surface area contributed by atoms with E-state index in [0.717, 1.165) is 38.8 Å². The van der Waals surface area contributed by atoms with E-state index < -0.39 is 5.79 Å². The number of rotatable bonds is 3. The van der Waals surface area contributed by atoms with Crippen LogP contribution < -0.4 is 5.32 Å². The van der Waals surface area contributed by atoms with E-state index in [-0.39, 0.29) is 5.91 Å². The molecule has 3 rings (SSSR count). The van der Waals surface area contributed by atoms with Gasteiger partial charge in [0.25, 0.3) is 0 Å². The molecule has 2 saturated heterocycles. The molecule has 5 heteroatoms. The number of likely N-dealkylation sites (tertiary alicyclic amines) is 1. The van der Waals surface area contributed by atoms with Crippen LogP contribution in [-0.4, -0.2) is 55.5 Å². The Morgan fingerprint density at radius 1 is 1.15 bits per heavy atom. The molecule has 1 spiro atoms. The van der Waals surface area contributed by atoms with Gasteiger partial charge in [0.1, 0.15) is 0 Å². The fraction of sp³-hybridized carbons (Fsp3) is 0.933. The molecule has 0 atom stereocenters. The zero-order chi connectivity index (χ0) is 13.8. The number of carbonyl (C=O) groups is 1. The SMILES string of the molecule is O=C(CN1CCCC2(C1)OCCO2)NC1CCCCC1.